The van der Waals surface area contributed by atoms with E-state index >= 15 is 0 Å². The molecule has 2 heterocycles. The molecule has 1 N–H and O–H groups in total. The Hall–Kier alpha value is -2.80. The fraction of sp³-hybridized carbons (Fsp3) is 0.167. The summed E-state index contributed by atoms with van der Waals surface area (Å²) < 4.78 is 10.5. The highest BCUT2D eigenvalue weighted by Crippen LogP contribution is 2.26. The Morgan fingerprint density at radius 1 is 1.20 bits per heavy atom. The first-order valence-corrected chi connectivity index (χ1v) is 8.76. The van der Waals surface area contributed by atoms with Crippen LogP contribution < -0.4 is 10.1 Å². The summed E-state index contributed by atoms with van der Waals surface area (Å²) in [5.74, 6) is 1.51. The first-order valence-electron chi connectivity index (χ1n) is 7.54. The Morgan fingerprint density at radius 3 is 2.56 bits per heavy atom. The van der Waals surface area contributed by atoms with Gasteiger partial charge in [-0.05, 0) is 49.6 Å². The van der Waals surface area contributed by atoms with Crippen molar-refractivity contribution in [2.24, 2.45) is 0 Å². The van der Waals surface area contributed by atoms with E-state index in [4.69, 9.17) is 9.15 Å². The molecule has 0 fully saturated rings. The van der Waals surface area contributed by atoms with E-state index in [0.717, 1.165) is 5.75 Å². The molecular weight excluding hydrogens is 338 g/mol. The van der Waals surface area contributed by atoms with Crippen molar-refractivity contribution in [1.29, 1.82) is 0 Å². The van der Waals surface area contributed by atoms with Crippen molar-refractivity contribution in [3.63, 3.8) is 0 Å². The molecule has 7 heteroatoms. The van der Waals surface area contributed by atoms with E-state index in [-0.39, 0.29) is 5.91 Å². The van der Waals surface area contributed by atoms with Crippen LogP contribution in [0.25, 0.3) is 11.6 Å². The number of nitrogens with one attached hydrogen (secondary N) is 1. The van der Waals surface area contributed by atoms with Crippen LogP contribution in [0.15, 0.2) is 52.1 Å². The van der Waals surface area contributed by atoms with Crippen molar-refractivity contribution in [2.45, 2.75) is 11.9 Å². The van der Waals surface area contributed by atoms with Crippen LogP contribution in [0.3, 0.4) is 0 Å². The maximum absolute atomic E-state index is 12.7. The molecule has 0 radical (unpaired) electrons. The second-order valence-electron chi connectivity index (χ2n) is 5.18. The Kier molecular flexibility index (Phi) is 5.04. The van der Waals surface area contributed by atoms with Crippen molar-refractivity contribution >= 4 is 23.4 Å². The zero-order valence-electron chi connectivity index (χ0n) is 14.1. The van der Waals surface area contributed by atoms with E-state index in [0.29, 0.717) is 33.6 Å². The minimum absolute atomic E-state index is 0.252. The molecule has 0 spiro atoms. The quantitative estimate of drug-likeness (QED) is 0.550. The molecule has 0 aliphatic heterocycles. The molecule has 6 nitrogen and oxygen atoms in total. The number of rotatable bonds is 5. The molecule has 1 amide bonds. The molecule has 3 rings (SSSR count). The summed E-state index contributed by atoms with van der Waals surface area (Å²) in [5.41, 5.74) is 1.72. The normalized spacial score (nSPS) is 10.5. The van der Waals surface area contributed by atoms with Crippen LogP contribution >= 0.6 is 11.8 Å². The van der Waals surface area contributed by atoms with Gasteiger partial charge in [-0.2, -0.15) is 0 Å². The summed E-state index contributed by atoms with van der Waals surface area (Å²) >= 11 is 1.39. The van der Waals surface area contributed by atoms with Crippen LogP contribution in [0.5, 0.6) is 5.75 Å². The third kappa shape index (κ3) is 3.66. The van der Waals surface area contributed by atoms with Crippen molar-refractivity contribution in [3.05, 3.63) is 53.9 Å². The zero-order valence-corrected chi connectivity index (χ0v) is 14.9. The fourth-order valence-corrected chi connectivity index (χ4v) is 2.96. The molecule has 25 heavy (non-hydrogen) atoms. The summed E-state index contributed by atoms with van der Waals surface area (Å²) in [5, 5.41) is 3.47. The summed E-state index contributed by atoms with van der Waals surface area (Å²) in [6.45, 7) is 1.79. The molecule has 0 saturated carbocycles. The standard InChI is InChI=1S/C18H17N3O3S/c1-11-15(17(22)20-12-6-8-13(23-2)9-7-12)18(25-3)21-16(19-11)14-5-4-10-24-14/h4-10H,1-3H3,(H,20,22). The number of carbonyl (C=O) groups excluding carboxylic acids is 1. The average Bonchev–Trinajstić information content (AvgIpc) is 3.16. The summed E-state index contributed by atoms with van der Waals surface area (Å²) in [4.78, 5) is 21.6. The zero-order chi connectivity index (χ0) is 17.8. The number of thioether (sulfide) groups is 1. The van der Waals surface area contributed by atoms with Gasteiger partial charge in [-0.15, -0.1) is 11.8 Å². The lowest BCUT2D eigenvalue weighted by atomic mass is 10.2. The van der Waals surface area contributed by atoms with E-state index in [1.54, 1.807) is 56.7 Å². The number of amides is 1. The number of aromatic nitrogens is 2. The highest BCUT2D eigenvalue weighted by molar-refractivity contribution is 7.98. The van der Waals surface area contributed by atoms with Crippen molar-refractivity contribution in [3.8, 4) is 17.3 Å². The molecule has 0 saturated heterocycles. The van der Waals surface area contributed by atoms with Gasteiger partial charge < -0.3 is 14.5 Å². The predicted octanol–water partition coefficient (Wildman–Crippen LogP) is 4.03. The highest BCUT2D eigenvalue weighted by Gasteiger charge is 2.20. The van der Waals surface area contributed by atoms with Crippen LogP contribution in [-0.4, -0.2) is 29.2 Å². The van der Waals surface area contributed by atoms with Gasteiger partial charge in [0.15, 0.2) is 11.6 Å². The van der Waals surface area contributed by atoms with Crippen LogP contribution in [0.1, 0.15) is 16.1 Å². The molecule has 0 aliphatic rings. The van der Waals surface area contributed by atoms with Gasteiger partial charge in [0, 0.05) is 5.69 Å². The predicted molar refractivity (Wildman–Crippen MR) is 97.2 cm³/mol. The van der Waals surface area contributed by atoms with Crippen molar-refractivity contribution < 1.29 is 13.9 Å². The minimum Gasteiger partial charge on any atom is -0.497 e. The molecule has 1 aromatic carbocycles. The number of methoxy groups -OCH3 is 1. The first-order chi connectivity index (χ1) is 12.1. The summed E-state index contributed by atoms with van der Waals surface area (Å²) in [6, 6.07) is 10.7. The average molecular weight is 355 g/mol. The van der Waals surface area contributed by atoms with E-state index in [1.807, 2.05) is 6.26 Å². The van der Waals surface area contributed by atoms with Gasteiger partial charge in [0.2, 0.25) is 0 Å². The van der Waals surface area contributed by atoms with Gasteiger partial charge >= 0.3 is 0 Å². The van der Waals surface area contributed by atoms with Gasteiger partial charge in [0.25, 0.3) is 5.91 Å². The van der Waals surface area contributed by atoms with Gasteiger partial charge in [-0.3, -0.25) is 4.79 Å². The number of hydrogen-bond acceptors (Lipinski definition) is 6. The van der Waals surface area contributed by atoms with Gasteiger partial charge in [0.05, 0.1) is 24.6 Å². The Morgan fingerprint density at radius 2 is 1.96 bits per heavy atom. The summed E-state index contributed by atoms with van der Waals surface area (Å²) in [7, 11) is 1.60. The smallest absolute Gasteiger partial charge is 0.260 e. The number of ether oxygens (including phenoxy) is 1. The maximum atomic E-state index is 12.7. The van der Waals surface area contributed by atoms with Gasteiger partial charge in [0.1, 0.15) is 10.8 Å². The molecule has 128 valence electrons. The molecule has 0 atom stereocenters. The Bertz CT molecular complexity index is 877. The molecule has 0 unspecified atom stereocenters. The highest BCUT2D eigenvalue weighted by atomic mass is 32.2. The lowest BCUT2D eigenvalue weighted by Gasteiger charge is -2.12. The maximum Gasteiger partial charge on any atom is 0.260 e. The number of hydrogen-bond donors (Lipinski definition) is 1. The first kappa shape index (κ1) is 17.0. The van der Waals surface area contributed by atoms with E-state index in [1.165, 1.54) is 11.8 Å². The second-order valence-corrected chi connectivity index (χ2v) is 5.97. The van der Waals surface area contributed by atoms with Crippen molar-refractivity contribution in [2.75, 3.05) is 18.7 Å². The van der Waals surface area contributed by atoms with Gasteiger partial charge in [-0.25, -0.2) is 9.97 Å². The summed E-state index contributed by atoms with van der Waals surface area (Å²) in [6.07, 6.45) is 3.44. The molecular formula is C18H17N3O3S. The number of carbonyl (C=O) groups is 1. The Labute approximate surface area is 149 Å². The number of anilines is 1. The SMILES string of the molecule is COc1ccc(NC(=O)c2c(C)nc(-c3ccco3)nc2SC)cc1. The lowest BCUT2D eigenvalue weighted by Crippen LogP contribution is -2.16. The monoisotopic (exact) mass is 355 g/mol. The van der Waals surface area contributed by atoms with Crippen molar-refractivity contribution in [1.82, 2.24) is 9.97 Å². The Balaban J connectivity index is 1.91. The number of nitrogens with zero attached hydrogens (tertiary/aromatic N) is 2. The largest absolute Gasteiger partial charge is 0.497 e. The molecule has 2 aromatic heterocycles. The number of benzene rings is 1. The van der Waals surface area contributed by atoms with Crippen LogP contribution in [-0.2, 0) is 0 Å². The van der Waals surface area contributed by atoms with Crippen LogP contribution in [0, 0.1) is 6.92 Å². The van der Waals surface area contributed by atoms with Gasteiger partial charge in [-0.1, -0.05) is 0 Å². The van der Waals surface area contributed by atoms with Crippen LogP contribution in [0.2, 0.25) is 0 Å². The third-order valence-electron chi connectivity index (χ3n) is 3.57. The van der Waals surface area contributed by atoms with E-state index in [2.05, 4.69) is 15.3 Å². The molecule has 0 aliphatic carbocycles. The number of furan rings is 1. The van der Waals surface area contributed by atoms with Crippen LogP contribution in [0.4, 0.5) is 5.69 Å². The topological polar surface area (TPSA) is 77.2 Å². The second kappa shape index (κ2) is 7.40. The fourth-order valence-electron chi connectivity index (χ4n) is 2.34. The van der Waals surface area contributed by atoms with E-state index < -0.39 is 0 Å². The molecule has 3 aromatic rings. The lowest BCUT2D eigenvalue weighted by molar-refractivity contribution is 0.102. The molecule has 0 bridgehead atoms. The third-order valence-corrected chi connectivity index (χ3v) is 4.25. The number of aryl methyl sites for hydroxylation is 1. The van der Waals surface area contributed by atoms with E-state index in [9.17, 15) is 4.79 Å². The minimum atomic E-state index is -0.252.